The summed E-state index contributed by atoms with van der Waals surface area (Å²) in [5, 5.41) is 0. The van der Waals surface area contributed by atoms with Gasteiger partial charge in [0.25, 0.3) is 11.8 Å². The molecule has 1 heterocycles. The molecule has 8 heteroatoms. The number of carbonyl (C=O) groups is 3. The number of amides is 3. The van der Waals surface area contributed by atoms with Gasteiger partial charge < -0.3 is 14.4 Å². The molecule has 2 aromatic carbocycles. The average Bonchev–Trinajstić information content (AvgIpc) is 3.17. The second kappa shape index (κ2) is 9.59. The molecule has 1 aliphatic heterocycles. The van der Waals surface area contributed by atoms with Crippen molar-refractivity contribution in [2.75, 3.05) is 24.7 Å². The van der Waals surface area contributed by atoms with Gasteiger partial charge in [-0.15, -0.1) is 0 Å². The predicted molar refractivity (Wildman–Crippen MR) is 107 cm³/mol. The molecule has 0 aliphatic carbocycles. The highest BCUT2D eigenvalue weighted by Crippen LogP contribution is 2.26. The molecule has 1 fully saturated rings. The normalized spacial score (nSPS) is 13.1. The van der Waals surface area contributed by atoms with Gasteiger partial charge in [0.2, 0.25) is 5.91 Å². The molecule has 0 aromatic heterocycles. The third-order valence-corrected chi connectivity index (χ3v) is 4.34. The summed E-state index contributed by atoms with van der Waals surface area (Å²) in [7, 11) is 0. The van der Waals surface area contributed by atoms with Crippen LogP contribution in [0, 0.1) is 0 Å². The van der Waals surface area contributed by atoms with Crippen LogP contribution >= 0.6 is 0 Å². The topological polar surface area (TPSA) is 97.0 Å². The van der Waals surface area contributed by atoms with E-state index in [1.807, 2.05) is 13.0 Å². The molecule has 0 unspecified atom stereocenters. The van der Waals surface area contributed by atoms with Crippen LogP contribution in [0.25, 0.3) is 0 Å². The summed E-state index contributed by atoms with van der Waals surface area (Å²) < 4.78 is 10.9. The molecule has 3 rings (SSSR count). The van der Waals surface area contributed by atoms with Gasteiger partial charge >= 0.3 is 0 Å². The van der Waals surface area contributed by atoms with E-state index in [2.05, 4.69) is 10.9 Å². The second-order valence-electron chi connectivity index (χ2n) is 6.37. The van der Waals surface area contributed by atoms with Crippen LogP contribution in [0.4, 0.5) is 5.69 Å². The molecule has 0 spiro atoms. The van der Waals surface area contributed by atoms with Gasteiger partial charge in [-0.25, -0.2) is 0 Å². The van der Waals surface area contributed by atoms with Gasteiger partial charge in [-0.2, -0.15) is 0 Å². The Labute approximate surface area is 168 Å². The first-order valence-electron chi connectivity index (χ1n) is 9.42. The number of hydrogen-bond donors (Lipinski definition) is 2. The zero-order valence-electron chi connectivity index (χ0n) is 16.1. The highest BCUT2D eigenvalue weighted by Gasteiger charge is 2.21. The molecule has 3 amide bonds. The standard InChI is InChI=1S/C21H23N3O5/c1-2-28-17-6-3-4-7-18(17)29-14-19(25)22-23-21(27)15-9-11-16(12-10-15)24-13-5-8-20(24)26/h3-4,6-7,9-12H,2,5,8,13-14H2,1H3,(H,22,25)(H,23,27). The van der Waals surface area contributed by atoms with E-state index in [4.69, 9.17) is 9.47 Å². The molecule has 0 atom stereocenters. The molecule has 0 radical (unpaired) electrons. The molecule has 1 saturated heterocycles. The highest BCUT2D eigenvalue weighted by atomic mass is 16.5. The van der Waals surface area contributed by atoms with Crippen LogP contribution < -0.4 is 25.2 Å². The van der Waals surface area contributed by atoms with E-state index in [1.54, 1.807) is 47.4 Å². The van der Waals surface area contributed by atoms with Crippen molar-refractivity contribution < 1.29 is 23.9 Å². The monoisotopic (exact) mass is 397 g/mol. The lowest BCUT2D eigenvalue weighted by Crippen LogP contribution is -2.43. The first-order valence-corrected chi connectivity index (χ1v) is 9.42. The Morgan fingerprint density at radius 2 is 1.69 bits per heavy atom. The number of nitrogens with one attached hydrogen (secondary N) is 2. The SMILES string of the molecule is CCOc1ccccc1OCC(=O)NNC(=O)c1ccc(N2CCCC2=O)cc1. The minimum atomic E-state index is -0.510. The number of para-hydroxylation sites is 2. The summed E-state index contributed by atoms with van der Waals surface area (Å²) in [4.78, 5) is 37.6. The molecular weight excluding hydrogens is 374 g/mol. The lowest BCUT2D eigenvalue weighted by atomic mass is 10.2. The van der Waals surface area contributed by atoms with Crippen molar-refractivity contribution in [3.05, 3.63) is 54.1 Å². The van der Waals surface area contributed by atoms with Crippen molar-refractivity contribution in [2.45, 2.75) is 19.8 Å². The summed E-state index contributed by atoms with van der Waals surface area (Å²) in [6.45, 7) is 2.75. The summed E-state index contributed by atoms with van der Waals surface area (Å²) in [6, 6.07) is 13.7. The Balaban J connectivity index is 1.47. The number of ether oxygens (including phenoxy) is 2. The van der Waals surface area contributed by atoms with E-state index < -0.39 is 11.8 Å². The fourth-order valence-electron chi connectivity index (χ4n) is 2.94. The molecule has 152 valence electrons. The number of nitrogens with zero attached hydrogens (tertiary/aromatic N) is 1. The van der Waals surface area contributed by atoms with Crippen molar-refractivity contribution in [1.29, 1.82) is 0 Å². The molecule has 8 nitrogen and oxygen atoms in total. The van der Waals surface area contributed by atoms with Crippen LogP contribution in [-0.4, -0.2) is 37.5 Å². The van der Waals surface area contributed by atoms with Crippen LogP contribution in [0.2, 0.25) is 0 Å². The minimum absolute atomic E-state index is 0.0837. The summed E-state index contributed by atoms with van der Waals surface area (Å²) in [5.41, 5.74) is 5.78. The third kappa shape index (κ3) is 5.25. The maximum absolute atomic E-state index is 12.2. The number of benzene rings is 2. The highest BCUT2D eigenvalue weighted by molar-refractivity contribution is 5.98. The van der Waals surface area contributed by atoms with Crippen LogP contribution in [0.5, 0.6) is 11.5 Å². The van der Waals surface area contributed by atoms with E-state index in [0.29, 0.717) is 36.6 Å². The van der Waals surface area contributed by atoms with Gasteiger partial charge in [-0.3, -0.25) is 25.2 Å². The molecule has 29 heavy (non-hydrogen) atoms. The van der Waals surface area contributed by atoms with Gasteiger partial charge in [-0.1, -0.05) is 12.1 Å². The molecular formula is C21H23N3O5. The van der Waals surface area contributed by atoms with Gasteiger partial charge in [0.05, 0.1) is 6.61 Å². The molecule has 2 aromatic rings. The second-order valence-corrected chi connectivity index (χ2v) is 6.37. The van der Waals surface area contributed by atoms with Crippen LogP contribution in [0.1, 0.15) is 30.1 Å². The Bertz CT molecular complexity index is 882. The van der Waals surface area contributed by atoms with Gasteiger partial charge in [0.1, 0.15) is 0 Å². The average molecular weight is 397 g/mol. The molecule has 2 N–H and O–H groups in total. The van der Waals surface area contributed by atoms with Crippen molar-refractivity contribution in [3.63, 3.8) is 0 Å². The number of carbonyl (C=O) groups excluding carboxylic acids is 3. The van der Waals surface area contributed by atoms with Crippen LogP contribution in [0.3, 0.4) is 0 Å². The Hall–Kier alpha value is -3.55. The largest absolute Gasteiger partial charge is 0.490 e. The first kappa shape index (κ1) is 20.2. The van der Waals surface area contributed by atoms with E-state index in [1.165, 1.54) is 0 Å². The van der Waals surface area contributed by atoms with E-state index in [0.717, 1.165) is 12.1 Å². The van der Waals surface area contributed by atoms with E-state index in [9.17, 15) is 14.4 Å². The third-order valence-electron chi connectivity index (χ3n) is 4.34. The van der Waals surface area contributed by atoms with Crippen molar-refractivity contribution in [1.82, 2.24) is 10.9 Å². The van der Waals surface area contributed by atoms with Crippen molar-refractivity contribution >= 4 is 23.4 Å². The lowest BCUT2D eigenvalue weighted by Gasteiger charge is -2.16. The molecule has 1 aliphatic rings. The summed E-state index contributed by atoms with van der Waals surface area (Å²) in [6.07, 6.45) is 1.38. The Kier molecular flexibility index (Phi) is 6.67. The number of hydrogen-bond acceptors (Lipinski definition) is 5. The maximum atomic E-state index is 12.2. The summed E-state index contributed by atoms with van der Waals surface area (Å²) >= 11 is 0. The number of rotatable bonds is 7. The fraction of sp³-hybridized carbons (Fsp3) is 0.286. The fourth-order valence-corrected chi connectivity index (χ4v) is 2.94. The quantitative estimate of drug-likeness (QED) is 0.697. The number of anilines is 1. The lowest BCUT2D eigenvalue weighted by molar-refractivity contribution is -0.123. The van der Waals surface area contributed by atoms with Crippen molar-refractivity contribution in [2.24, 2.45) is 0 Å². The predicted octanol–water partition coefficient (Wildman–Crippen LogP) is 2.05. The smallest absolute Gasteiger partial charge is 0.276 e. The maximum Gasteiger partial charge on any atom is 0.276 e. The molecule has 0 saturated carbocycles. The van der Waals surface area contributed by atoms with E-state index in [-0.39, 0.29) is 12.5 Å². The zero-order chi connectivity index (χ0) is 20.6. The van der Waals surface area contributed by atoms with Crippen LogP contribution in [0.15, 0.2) is 48.5 Å². The minimum Gasteiger partial charge on any atom is -0.490 e. The van der Waals surface area contributed by atoms with E-state index >= 15 is 0 Å². The first-order chi connectivity index (χ1) is 14.1. The van der Waals surface area contributed by atoms with Gasteiger partial charge in [-0.05, 0) is 49.7 Å². The number of hydrazine groups is 1. The zero-order valence-corrected chi connectivity index (χ0v) is 16.1. The Morgan fingerprint density at radius 3 is 2.31 bits per heavy atom. The Morgan fingerprint density at radius 1 is 1.00 bits per heavy atom. The molecule has 0 bridgehead atoms. The summed E-state index contributed by atoms with van der Waals surface area (Å²) in [5.74, 6) is 0.1000. The van der Waals surface area contributed by atoms with Crippen molar-refractivity contribution in [3.8, 4) is 11.5 Å². The van der Waals surface area contributed by atoms with Crippen LogP contribution in [-0.2, 0) is 9.59 Å². The van der Waals surface area contributed by atoms with Gasteiger partial charge in [0, 0.05) is 24.2 Å². The van der Waals surface area contributed by atoms with Gasteiger partial charge in [0.15, 0.2) is 18.1 Å².